The van der Waals surface area contributed by atoms with Crippen LogP contribution in [0.15, 0.2) is 127 Å². The number of ether oxygens (including phenoxy) is 2. The summed E-state index contributed by atoms with van der Waals surface area (Å²) < 4.78 is 10.9. The number of methoxy groups -OCH3 is 1. The Kier molecular flexibility index (Phi) is 9.04. The summed E-state index contributed by atoms with van der Waals surface area (Å²) in [5.74, 6) is 1.14. The summed E-state index contributed by atoms with van der Waals surface area (Å²) in [5, 5.41) is 0. The van der Waals surface area contributed by atoms with Crippen LogP contribution in [0.3, 0.4) is 0 Å². The molecule has 5 aromatic rings. The molecule has 0 N–H and O–H groups in total. The molecule has 4 heteroatoms. The van der Waals surface area contributed by atoms with Crippen molar-refractivity contribution in [1.29, 1.82) is 0 Å². The van der Waals surface area contributed by atoms with E-state index in [9.17, 15) is 9.59 Å². The van der Waals surface area contributed by atoms with Gasteiger partial charge in [0.2, 0.25) is 0 Å². The first-order valence-corrected chi connectivity index (χ1v) is 12.6. The fraction of sp³-hybridized carbons (Fsp3) is 0.0857. The predicted octanol–water partition coefficient (Wildman–Crippen LogP) is 8.51. The molecule has 0 fully saturated rings. The predicted molar refractivity (Wildman–Crippen MR) is 157 cm³/mol. The number of hydrogen-bond acceptors (Lipinski definition) is 4. The molecule has 0 radical (unpaired) electrons. The summed E-state index contributed by atoms with van der Waals surface area (Å²) in [6.07, 6.45) is 0. The first-order chi connectivity index (χ1) is 19.0. The van der Waals surface area contributed by atoms with Gasteiger partial charge >= 0.3 is 5.97 Å². The largest absolute Gasteiger partial charge is 0.497 e. The topological polar surface area (TPSA) is 52.6 Å². The van der Waals surface area contributed by atoms with Crippen molar-refractivity contribution in [2.24, 2.45) is 0 Å². The number of carbonyl (C=O) groups excluding carboxylic acids is 2. The molecule has 194 valence electrons. The van der Waals surface area contributed by atoms with Gasteiger partial charge in [0.15, 0.2) is 0 Å². The van der Waals surface area contributed by atoms with Crippen molar-refractivity contribution >= 4 is 11.8 Å². The molecule has 0 amide bonds. The lowest BCUT2D eigenvalue weighted by Gasteiger charge is -2.15. The number of hydrogen-bond donors (Lipinski definition) is 0. The second-order valence-corrected chi connectivity index (χ2v) is 9.01. The molecule has 0 saturated carbocycles. The molecule has 0 heterocycles. The van der Waals surface area contributed by atoms with Crippen LogP contribution in [-0.2, 0) is 4.79 Å². The normalized spacial score (nSPS) is 10.1. The van der Waals surface area contributed by atoms with Crippen LogP contribution in [0, 0.1) is 0 Å². The number of rotatable bonds is 6. The number of esters is 1. The van der Waals surface area contributed by atoms with Gasteiger partial charge in [-0.05, 0) is 83.6 Å². The van der Waals surface area contributed by atoms with E-state index in [1.807, 2.05) is 60.7 Å². The molecule has 4 nitrogen and oxygen atoms in total. The van der Waals surface area contributed by atoms with Crippen molar-refractivity contribution in [3.05, 3.63) is 133 Å². The Bertz CT molecular complexity index is 1530. The van der Waals surface area contributed by atoms with E-state index in [1.165, 1.54) is 13.8 Å². The summed E-state index contributed by atoms with van der Waals surface area (Å²) in [6.45, 7) is 3.06. The summed E-state index contributed by atoms with van der Waals surface area (Å²) >= 11 is 0. The van der Waals surface area contributed by atoms with Gasteiger partial charge in [0.25, 0.3) is 0 Å². The molecule has 0 unspecified atom stereocenters. The van der Waals surface area contributed by atoms with Crippen molar-refractivity contribution < 1.29 is 19.1 Å². The Morgan fingerprint density at radius 3 is 1.31 bits per heavy atom. The molecule has 39 heavy (non-hydrogen) atoms. The van der Waals surface area contributed by atoms with Crippen LogP contribution in [-0.4, -0.2) is 18.9 Å². The molecule has 5 rings (SSSR count). The molecule has 0 bridgehead atoms. The molecule has 5 aromatic carbocycles. The van der Waals surface area contributed by atoms with Crippen LogP contribution in [0.4, 0.5) is 0 Å². The first kappa shape index (κ1) is 27.1. The van der Waals surface area contributed by atoms with Gasteiger partial charge in [-0.25, -0.2) is 4.79 Å². The molecule has 0 aromatic heterocycles. The van der Waals surface area contributed by atoms with E-state index in [4.69, 9.17) is 9.47 Å². The van der Waals surface area contributed by atoms with E-state index < -0.39 is 0 Å². The third kappa shape index (κ3) is 7.08. The second-order valence-electron chi connectivity index (χ2n) is 9.01. The maximum atomic E-state index is 12.4. The van der Waals surface area contributed by atoms with Crippen LogP contribution in [0.25, 0.3) is 33.4 Å². The highest BCUT2D eigenvalue weighted by Crippen LogP contribution is 2.38. The smallest absolute Gasteiger partial charge is 0.343 e. The van der Waals surface area contributed by atoms with E-state index in [0.717, 1.165) is 39.1 Å². The average molecular weight is 515 g/mol. The SMILES string of the molecule is CC(C)=O.COc1ccc(-c2ccccc2-c2ccccc2-c2ccc(OC(=O)c3ccccc3)cc2)cc1. The van der Waals surface area contributed by atoms with Crippen LogP contribution in [0.1, 0.15) is 24.2 Å². The summed E-state index contributed by atoms with van der Waals surface area (Å²) in [5.41, 5.74) is 7.23. The highest BCUT2D eigenvalue weighted by molar-refractivity contribution is 5.92. The maximum absolute atomic E-state index is 12.4. The zero-order valence-electron chi connectivity index (χ0n) is 22.3. The van der Waals surface area contributed by atoms with Crippen molar-refractivity contribution in [1.82, 2.24) is 0 Å². The molecular formula is C35H30O4. The monoisotopic (exact) mass is 514 g/mol. The minimum Gasteiger partial charge on any atom is -0.497 e. The van der Waals surface area contributed by atoms with Crippen LogP contribution in [0.2, 0.25) is 0 Å². The Hall–Kier alpha value is -4.96. The number of Topliss-reactive ketones (excluding diaryl/α,β-unsaturated/α-hetero) is 1. The Labute approximate surface area is 229 Å². The van der Waals surface area contributed by atoms with Gasteiger partial charge in [0, 0.05) is 0 Å². The summed E-state index contributed by atoms with van der Waals surface area (Å²) in [4.78, 5) is 21.8. The van der Waals surface area contributed by atoms with E-state index in [-0.39, 0.29) is 11.8 Å². The quantitative estimate of drug-likeness (QED) is 0.168. The minimum absolute atomic E-state index is 0.167. The molecule has 0 aliphatic rings. The van der Waals surface area contributed by atoms with E-state index >= 15 is 0 Å². The Morgan fingerprint density at radius 2 is 0.872 bits per heavy atom. The van der Waals surface area contributed by atoms with Crippen LogP contribution >= 0.6 is 0 Å². The van der Waals surface area contributed by atoms with Gasteiger partial charge in [0.1, 0.15) is 17.3 Å². The van der Waals surface area contributed by atoms with Gasteiger partial charge in [-0.15, -0.1) is 0 Å². The summed E-state index contributed by atoms with van der Waals surface area (Å²) in [7, 11) is 1.67. The number of ketones is 1. The Morgan fingerprint density at radius 1 is 0.487 bits per heavy atom. The van der Waals surface area contributed by atoms with Gasteiger partial charge in [-0.1, -0.05) is 91.0 Å². The van der Waals surface area contributed by atoms with E-state index in [2.05, 4.69) is 54.6 Å². The minimum atomic E-state index is -0.368. The maximum Gasteiger partial charge on any atom is 0.343 e. The van der Waals surface area contributed by atoms with Crippen molar-refractivity contribution in [3.63, 3.8) is 0 Å². The van der Waals surface area contributed by atoms with Crippen LogP contribution in [0.5, 0.6) is 11.5 Å². The lowest BCUT2D eigenvalue weighted by molar-refractivity contribution is -0.115. The Balaban J connectivity index is 0.000000826. The lowest BCUT2D eigenvalue weighted by Crippen LogP contribution is -2.07. The zero-order valence-corrected chi connectivity index (χ0v) is 22.3. The fourth-order valence-electron chi connectivity index (χ4n) is 4.15. The third-order valence-electron chi connectivity index (χ3n) is 5.93. The standard InChI is InChI=1S/C32H24O3.C3H6O/c1-34-26-19-15-23(16-20-26)28-11-5-7-13-30(28)31-14-8-6-12-29(31)24-17-21-27(22-18-24)35-32(33)25-9-3-2-4-10-25;1-3(2)4/h2-22H,1H3;1-2H3. The van der Waals surface area contributed by atoms with Crippen LogP contribution < -0.4 is 9.47 Å². The van der Waals surface area contributed by atoms with Crippen molar-refractivity contribution in [2.75, 3.05) is 7.11 Å². The molecule has 0 spiro atoms. The van der Waals surface area contributed by atoms with E-state index in [0.29, 0.717) is 11.3 Å². The summed E-state index contributed by atoms with van der Waals surface area (Å²) in [6, 6.07) is 41.5. The molecule has 0 aliphatic heterocycles. The lowest BCUT2D eigenvalue weighted by atomic mass is 9.89. The van der Waals surface area contributed by atoms with Gasteiger partial charge in [-0.3, -0.25) is 0 Å². The highest BCUT2D eigenvalue weighted by atomic mass is 16.5. The van der Waals surface area contributed by atoms with Crippen molar-refractivity contribution in [3.8, 4) is 44.9 Å². The second kappa shape index (κ2) is 13.0. The fourth-order valence-corrected chi connectivity index (χ4v) is 4.15. The number of benzene rings is 5. The molecule has 0 saturated heterocycles. The van der Waals surface area contributed by atoms with Gasteiger partial charge in [0.05, 0.1) is 12.7 Å². The zero-order chi connectivity index (χ0) is 27.6. The highest BCUT2D eigenvalue weighted by Gasteiger charge is 2.13. The van der Waals surface area contributed by atoms with Crippen molar-refractivity contribution in [2.45, 2.75) is 13.8 Å². The molecule has 0 aliphatic carbocycles. The van der Waals surface area contributed by atoms with Gasteiger partial charge in [-0.2, -0.15) is 0 Å². The van der Waals surface area contributed by atoms with Gasteiger partial charge < -0.3 is 14.3 Å². The first-order valence-electron chi connectivity index (χ1n) is 12.6. The average Bonchev–Trinajstić information content (AvgIpc) is 2.98. The van der Waals surface area contributed by atoms with E-state index in [1.54, 1.807) is 19.2 Å². The molecular weight excluding hydrogens is 484 g/mol. The number of carbonyl (C=O) groups is 2. The molecule has 0 atom stereocenters. The third-order valence-corrected chi connectivity index (χ3v) is 5.93.